The molecule has 0 aliphatic heterocycles. The van der Waals surface area contributed by atoms with Gasteiger partial charge in [-0.3, -0.25) is 11.3 Å². The van der Waals surface area contributed by atoms with Gasteiger partial charge in [0, 0.05) is 6.54 Å². The summed E-state index contributed by atoms with van der Waals surface area (Å²) in [6, 6.07) is 0. The summed E-state index contributed by atoms with van der Waals surface area (Å²) in [5, 5.41) is 0. The summed E-state index contributed by atoms with van der Waals surface area (Å²) in [6.45, 7) is 3.16. The molecular formula is C6H16N2. The van der Waals surface area contributed by atoms with Crippen molar-refractivity contribution < 1.29 is 0 Å². The van der Waals surface area contributed by atoms with Gasteiger partial charge in [0.2, 0.25) is 0 Å². The molecular weight excluding hydrogens is 100 g/mol. The van der Waals surface area contributed by atoms with Gasteiger partial charge in [0.25, 0.3) is 0 Å². The molecule has 0 aromatic rings. The van der Waals surface area contributed by atoms with Gasteiger partial charge >= 0.3 is 0 Å². The van der Waals surface area contributed by atoms with Crippen molar-refractivity contribution in [2.45, 2.75) is 32.6 Å². The Hall–Kier alpha value is -0.0800. The Balaban J connectivity index is 2.53. The second-order valence-corrected chi connectivity index (χ2v) is 2.01. The van der Waals surface area contributed by atoms with E-state index < -0.39 is 0 Å². The molecule has 0 radical (unpaired) electrons. The number of nitrogens with two attached hydrogens (primary N) is 1. The molecule has 0 unspecified atom stereocenters. The lowest BCUT2D eigenvalue weighted by Gasteiger charge is -1.95. The highest BCUT2D eigenvalue weighted by Gasteiger charge is 1.82. The zero-order valence-electron chi connectivity index (χ0n) is 5.61. The van der Waals surface area contributed by atoms with E-state index in [-0.39, 0.29) is 0 Å². The minimum atomic E-state index is 0.958. The molecule has 0 aliphatic carbocycles. The Kier molecular flexibility index (Phi) is 6.85. The van der Waals surface area contributed by atoms with Crippen molar-refractivity contribution in [1.29, 1.82) is 0 Å². The monoisotopic (exact) mass is 116 g/mol. The van der Waals surface area contributed by atoms with Gasteiger partial charge in [0.05, 0.1) is 0 Å². The summed E-state index contributed by atoms with van der Waals surface area (Å²) in [4.78, 5) is 0. The normalized spacial score (nSPS) is 9.75. The van der Waals surface area contributed by atoms with Gasteiger partial charge in [0.1, 0.15) is 0 Å². The molecule has 0 aliphatic rings. The molecule has 8 heavy (non-hydrogen) atoms. The topological polar surface area (TPSA) is 38.0 Å². The lowest BCUT2D eigenvalue weighted by Crippen LogP contribution is -2.22. The molecule has 50 valence electrons. The van der Waals surface area contributed by atoms with Crippen molar-refractivity contribution >= 4 is 0 Å². The van der Waals surface area contributed by atoms with Crippen LogP contribution < -0.4 is 11.3 Å². The van der Waals surface area contributed by atoms with E-state index in [0.29, 0.717) is 0 Å². The number of unbranched alkanes of at least 4 members (excludes halogenated alkanes) is 3. The van der Waals surface area contributed by atoms with E-state index in [2.05, 4.69) is 12.3 Å². The van der Waals surface area contributed by atoms with Crippen LogP contribution in [-0.4, -0.2) is 6.54 Å². The van der Waals surface area contributed by atoms with Gasteiger partial charge in [0.15, 0.2) is 0 Å². The average molecular weight is 116 g/mol. The summed E-state index contributed by atoms with van der Waals surface area (Å²) < 4.78 is 0. The maximum Gasteiger partial charge on any atom is 0.00974 e. The highest BCUT2D eigenvalue weighted by atomic mass is 15.2. The predicted octanol–water partition coefficient (Wildman–Crippen LogP) is 1.03. The standard InChI is InChI=1S/C6H16N2/c1-2-3-4-5-6-8-7/h8H,2-7H2,1H3. The van der Waals surface area contributed by atoms with Crippen molar-refractivity contribution in [2.75, 3.05) is 6.54 Å². The van der Waals surface area contributed by atoms with Crippen molar-refractivity contribution in [1.82, 2.24) is 5.43 Å². The summed E-state index contributed by atoms with van der Waals surface area (Å²) in [7, 11) is 0. The van der Waals surface area contributed by atoms with Crippen molar-refractivity contribution in [3.05, 3.63) is 0 Å². The first-order valence-electron chi connectivity index (χ1n) is 3.35. The third kappa shape index (κ3) is 5.92. The summed E-state index contributed by atoms with van der Waals surface area (Å²) in [6.07, 6.45) is 5.15. The van der Waals surface area contributed by atoms with Gasteiger partial charge < -0.3 is 0 Å². The Labute approximate surface area is 51.4 Å². The molecule has 0 amide bonds. The molecule has 0 saturated carbocycles. The van der Waals surface area contributed by atoms with Crippen LogP contribution in [-0.2, 0) is 0 Å². The highest BCUT2D eigenvalue weighted by Crippen LogP contribution is 1.95. The van der Waals surface area contributed by atoms with Crippen molar-refractivity contribution in [3.63, 3.8) is 0 Å². The maximum absolute atomic E-state index is 5.06. The van der Waals surface area contributed by atoms with E-state index in [4.69, 9.17) is 5.84 Å². The van der Waals surface area contributed by atoms with E-state index in [0.717, 1.165) is 6.54 Å². The van der Waals surface area contributed by atoms with Crippen LogP contribution in [0.25, 0.3) is 0 Å². The molecule has 0 bridgehead atoms. The fourth-order valence-corrected chi connectivity index (χ4v) is 0.654. The SMILES string of the molecule is CCCCCCNN. The van der Waals surface area contributed by atoms with Crippen LogP contribution in [0.4, 0.5) is 0 Å². The summed E-state index contributed by atoms with van der Waals surface area (Å²) in [5.74, 6) is 5.06. The molecule has 0 spiro atoms. The smallest absolute Gasteiger partial charge is 0.00974 e. The second kappa shape index (κ2) is 6.92. The quantitative estimate of drug-likeness (QED) is 0.320. The lowest BCUT2D eigenvalue weighted by atomic mass is 10.2. The van der Waals surface area contributed by atoms with Crippen LogP contribution in [0.15, 0.2) is 0 Å². The molecule has 3 N–H and O–H groups in total. The molecule has 0 aromatic carbocycles. The van der Waals surface area contributed by atoms with Gasteiger partial charge in [-0.1, -0.05) is 26.2 Å². The Bertz CT molecular complexity index is 31.5. The maximum atomic E-state index is 5.06. The molecule has 2 heteroatoms. The first kappa shape index (κ1) is 7.92. The van der Waals surface area contributed by atoms with Crippen LogP contribution in [0.3, 0.4) is 0 Å². The van der Waals surface area contributed by atoms with E-state index in [1.165, 1.54) is 25.7 Å². The summed E-state index contributed by atoms with van der Waals surface area (Å²) in [5.41, 5.74) is 2.63. The van der Waals surface area contributed by atoms with Crippen LogP contribution in [0.1, 0.15) is 32.6 Å². The fourth-order valence-electron chi connectivity index (χ4n) is 0.654. The summed E-state index contributed by atoms with van der Waals surface area (Å²) >= 11 is 0. The average Bonchev–Trinajstić information content (AvgIpc) is 1.81. The van der Waals surface area contributed by atoms with Crippen LogP contribution in [0, 0.1) is 0 Å². The van der Waals surface area contributed by atoms with Crippen LogP contribution in [0.5, 0.6) is 0 Å². The molecule has 0 fully saturated rings. The highest BCUT2D eigenvalue weighted by molar-refractivity contribution is 4.40. The zero-order valence-corrected chi connectivity index (χ0v) is 5.61. The first-order valence-corrected chi connectivity index (χ1v) is 3.35. The van der Waals surface area contributed by atoms with Crippen molar-refractivity contribution in [3.8, 4) is 0 Å². The molecule has 0 saturated heterocycles. The molecule has 0 heterocycles. The van der Waals surface area contributed by atoms with E-state index in [1.54, 1.807) is 0 Å². The van der Waals surface area contributed by atoms with Crippen molar-refractivity contribution in [2.24, 2.45) is 5.84 Å². The number of hydrogen-bond donors (Lipinski definition) is 2. The number of hydrogen-bond acceptors (Lipinski definition) is 2. The van der Waals surface area contributed by atoms with E-state index in [9.17, 15) is 0 Å². The third-order valence-electron chi connectivity index (χ3n) is 1.17. The fraction of sp³-hybridized carbons (Fsp3) is 1.00. The van der Waals surface area contributed by atoms with Crippen LogP contribution in [0.2, 0.25) is 0 Å². The molecule has 0 aromatic heterocycles. The van der Waals surface area contributed by atoms with Gasteiger partial charge in [-0.2, -0.15) is 0 Å². The molecule has 2 nitrogen and oxygen atoms in total. The van der Waals surface area contributed by atoms with Gasteiger partial charge in [-0.05, 0) is 6.42 Å². The number of nitrogens with one attached hydrogen (secondary N) is 1. The van der Waals surface area contributed by atoms with E-state index in [1.807, 2.05) is 0 Å². The minimum absolute atomic E-state index is 0.958. The molecule has 0 rings (SSSR count). The number of rotatable bonds is 5. The van der Waals surface area contributed by atoms with Gasteiger partial charge in [-0.15, -0.1) is 0 Å². The third-order valence-corrected chi connectivity index (χ3v) is 1.17. The Morgan fingerprint density at radius 1 is 1.25 bits per heavy atom. The second-order valence-electron chi connectivity index (χ2n) is 2.01. The number of hydrazine groups is 1. The van der Waals surface area contributed by atoms with Gasteiger partial charge in [-0.25, -0.2) is 0 Å². The largest absolute Gasteiger partial charge is 0.271 e. The Morgan fingerprint density at radius 2 is 2.00 bits per heavy atom. The Morgan fingerprint density at radius 3 is 2.50 bits per heavy atom. The minimum Gasteiger partial charge on any atom is -0.271 e. The lowest BCUT2D eigenvalue weighted by molar-refractivity contribution is 0.613. The van der Waals surface area contributed by atoms with Crippen LogP contribution >= 0.6 is 0 Å². The first-order chi connectivity index (χ1) is 3.91. The zero-order chi connectivity index (χ0) is 6.24. The predicted molar refractivity (Wildman–Crippen MR) is 36.3 cm³/mol. The molecule has 0 atom stereocenters. The van der Waals surface area contributed by atoms with E-state index >= 15 is 0 Å².